The minimum atomic E-state index is -0.421. The molecule has 1 aromatic heterocycles. The summed E-state index contributed by atoms with van der Waals surface area (Å²) in [5.74, 6) is -0.421. The number of carbonyl (C=O) groups is 1. The number of aryl methyl sites for hydroxylation is 1. The van der Waals surface area contributed by atoms with Crippen molar-refractivity contribution in [1.82, 2.24) is 9.97 Å². The van der Waals surface area contributed by atoms with E-state index in [1.165, 1.54) is 6.20 Å². The van der Waals surface area contributed by atoms with Gasteiger partial charge in [-0.15, -0.1) is 0 Å². The highest BCUT2D eigenvalue weighted by atomic mass is 16.5. The van der Waals surface area contributed by atoms with Gasteiger partial charge in [-0.2, -0.15) is 4.98 Å². The van der Waals surface area contributed by atoms with Crippen LogP contribution in [0.3, 0.4) is 0 Å². The van der Waals surface area contributed by atoms with Crippen molar-refractivity contribution in [2.45, 2.75) is 13.8 Å². The van der Waals surface area contributed by atoms with Gasteiger partial charge in [-0.3, -0.25) is 0 Å². The van der Waals surface area contributed by atoms with Crippen molar-refractivity contribution in [1.29, 1.82) is 0 Å². The number of nitrogens with zero attached hydrogens (tertiary/aromatic N) is 2. The van der Waals surface area contributed by atoms with Gasteiger partial charge in [-0.05, 0) is 13.8 Å². The van der Waals surface area contributed by atoms with Gasteiger partial charge in [0.1, 0.15) is 6.61 Å². The quantitative estimate of drug-likeness (QED) is 0.558. The smallest absolute Gasteiger partial charge is 0.341 e. The first-order valence-electron chi connectivity index (χ1n) is 4.93. The van der Waals surface area contributed by atoms with Gasteiger partial charge in [-0.1, -0.05) is 12.7 Å². The minimum Gasteiger partial charge on any atom is -0.462 e. The fraction of sp³-hybridized carbons (Fsp3) is 0.364. The maximum Gasteiger partial charge on any atom is 0.341 e. The van der Waals surface area contributed by atoms with Crippen molar-refractivity contribution in [3.8, 4) is 6.01 Å². The second-order valence-electron chi connectivity index (χ2n) is 2.97. The molecule has 0 amide bonds. The zero-order chi connectivity index (χ0) is 12.0. The molecule has 1 rings (SSSR count). The average Bonchev–Trinajstić information content (AvgIpc) is 2.26. The van der Waals surface area contributed by atoms with Crippen molar-refractivity contribution in [2.24, 2.45) is 0 Å². The van der Waals surface area contributed by atoms with E-state index in [-0.39, 0.29) is 6.01 Å². The molecule has 86 valence electrons. The molecule has 0 aliphatic heterocycles. The molecule has 0 aromatic carbocycles. The predicted molar refractivity (Wildman–Crippen MR) is 58.4 cm³/mol. The predicted octanol–water partition coefficient (Wildman–Crippen LogP) is 1.53. The first kappa shape index (κ1) is 12.2. The van der Waals surface area contributed by atoms with E-state index in [4.69, 9.17) is 9.47 Å². The van der Waals surface area contributed by atoms with Gasteiger partial charge < -0.3 is 9.47 Å². The van der Waals surface area contributed by atoms with E-state index in [2.05, 4.69) is 16.5 Å². The Balaban J connectivity index is 2.82. The molecule has 0 N–H and O–H groups in total. The van der Waals surface area contributed by atoms with Crippen molar-refractivity contribution in [3.05, 3.63) is 30.1 Å². The highest BCUT2D eigenvalue weighted by molar-refractivity contribution is 5.90. The van der Waals surface area contributed by atoms with E-state index in [0.29, 0.717) is 24.5 Å². The van der Waals surface area contributed by atoms with Crippen LogP contribution in [-0.2, 0) is 4.74 Å². The maximum absolute atomic E-state index is 11.4. The van der Waals surface area contributed by atoms with Crippen LogP contribution in [0.15, 0.2) is 18.9 Å². The van der Waals surface area contributed by atoms with E-state index in [1.54, 1.807) is 19.9 Å². The highest BCUT2D eigenvalue weighted by Crippen LogP contribution is 2.10. The lowest BCUT2D eigenvalue weighted by molar-refractivity contribution is 0.0524. The summed E-state index contributed by atoms with van der Waals surface area (Å²) in [6, 6.07) is 0.227. The average molecular weight is 222 g/mol. The van der Waals surface area contributed by atoms with Crippen LogP contribution in [0.5, 0.6) is 6.01 Å². The highest BCUT2D eigenvalue weighted by Gasteiger charge is 2.12. The zero-order valence-electron chi connectivity index (χ0n) is 9.40. The number of ether oxygens (including phenoxy) is 2. The van der Waals surface area contributed by atoms with E-state index in [1.807, 2.05) is 0 Å². The van der Waals surface area contributed by atoms with Gasteiger partial charge in [0.2, 0.25) is 0 Å². The monoisotopic (exact) mass is 222 g/mol. The zero-order valence-corrected chi connectivity index (χ0v) is 9.40. The van der Waals surface area contributed by atoms with Crippen molar-refractivity contribution in [2.75, 3.05) is 13.2 Å². The Kier molecular flexibility index (Phi) is 4.44. The Morgan fingerprint density at radius 1 is 1.62 bits per heavy atom. The summed E-state index contributed by atoms with van der Waals surface area (Å²) in [4.78, 5) is 19.4. The minimum absolute atomic E-state index is 0.227. The molecule has 1 heterocycles. The molecule has 1 aromatic rings. The lowest BCUT2D eigenvalue weighted by Gasteiger charge is -2.06. The lowest BCUT2D eigenvalue weighted by Crippen LogP contribution is -2.10. The first-order valence-corrected chi connectivity index (χ1v) is 4.93. The van der Waals surface area contributed by atoms with Crippen LogP contribution in [0.2, 0.25) is 0 Å². The second-order valence-corrected chi connectivity index (χ2v) is 2.97. The normalized spacial score (nSPS) is 9.62. The summed E-state index contributed by atoms with van der Waals surface area (Å²) in [5.41, 5.74) is 0.889. The van der Waals surface area contributed by atoms with Crippen molar-refractivity contribution < 1.29 is 14.3 Å². The van der Waals surface area contributed by atoms with Gasteiger partial charge in [0, 0.05) is 6.20 Å². The molecule has 0 radical (unpaired) electrons. The van der Waals surface area contributed by atoms with Crippen molar-refractivity contribution >= 4 is 5.97 Å². The fourth-order valence-electron chi connectivity index (χ4n) is 1.06. The van der Waals surface area contributed by atoms with Gasteiger partial charge in [0.15, 0.2) is 0 Å². The first-order chi connectivity index (χ1) is 7.69. The van der Waals surface area contributed by atoms with E-state index in [9.17, 15) is 4.79 Å². The third-order valence-electron chi connectivity index (χ3n) is 1.78. The Bertz CT molecular complexity index is 391. The van der Waals surface area contributed by atoms with Crippen LogP contribution < -0.4 is 4.74 Å². The topological polar surface area (TPSA) is 61.3 Å². The molecule has 0 aliphatic rings. The standard InChI is InChI=1S/C11H14N2O3/c1-4-6-16-11-12-7-9(8(3)13-11)10(14)15-5-2/h4,7H,1,5-6H2,2-3H3. The molecule has 0 atom stereocenters. The van der Waals surface area contributed by atoms with Crippen LogP contribution in [0, 0.1) is 6.92 Å². The van der Waals surface area contributed by atoms with Crippen LogP contribution in [0.25, 0.3) is 0 Å². The summed E-state index contributed by atoms with van der Waals surface area (Å²) in [5, 5.41) is 0. The van der Waals surface area contributed by atoms with Crippen molar-refractivity contribution in [3.63, 3.8) is 0 Å². The van der Waals surface area contributed by atoms with Crippen LogP contribution in [0.4, 0.5) is 0 Å². The van der Waals surface area contributed by atoms with Crippen LogP contribution in [-0.4, -0.2) is 29.2 Å². The molecule has 0 saturated carbocycles. The molecule has 0 aliphatic carbocycles. The van der Waals surface area contributed by atoms with E-state index < -0.39 is 5.97 Å². The fourth-order valence-corrected chi connectivity index (χ4v) is 1.06. The van der Waals surface area contributed by atoms with Gasteiger partial charge in [-0.25, -0.2) is 9.78 Å². The summed E-state index contributed by atoms with van der Waals surface area (Å²) in [6.07, 6.45) is 3.00. The van der Waals surface area contributed by atoms with Crippen LogP contribution >= 0.6 is 0 Å². The van der Waals surface area contributed by atoms with Gasteiger partial charge in [0.05, 0.1) is 17.9 Å². The molecular formula is C11H14N2O3. The Morgan fingerprint density at radius 3 is 2.94 bits per heavy atom. The number of esters is 1. The number of carbonyl (C=O) groups excluding carboxylic acids is 1. The van der Waals surface area contributed by atoms with Crippen LogP contribution in [0.1, 0.15) is 23.0 Å². The summed E-state index contributed by atoms with van der Waals surface area (Å²) >= 11 is 0. The third kappa shape index (κ3) is 3.05. The number of hydrogen-bond donors (Lipinski definition) is 0. The molecule has 0 fully saturated rings. The molecular weight excluding hydrogens is 208 g/mol. The second kappa shape index (κ2) is 5.85. The molecule has 0 saturated heterocycles. The summed E-state index contributed by atoms with van der Waals surface area (Å²) < 4.78 is 9.99. The molecule has 0 bridgehead atoms. The largest absolute Gasteiger partial charge is 0.462 e. The molecule has 0 unspecified atom stereocenters. The SMILES string of the molecule is C=CCOc1ncc(C(=O)OCC)c(C)n1. The van der Waals surface area contributed by atoms with E-state index in [0.717, 1.165) is 0 Å². The maximum atomic E-state index is 11.4. The molecule has 5 nitrogen and oxygen atoms in total. The molecule has 16 heavy (non-hydrogen) atoms. The number of aromatic nitrogens is 2. The molecule has 0 spiro atoms. The Hall–Kier alpha value is -1.91. The molecule has 5 heteroatoms. The summed E-state index contributed by atoms with van der Waals surface area (Å²) in [7, 11) is 0. The summed E-state index contributed by atoms with van der Waals surface area (Å²) in [6.45, 7) is 7.62. The Labute approximate surface area is 94.1 Å². The Morgan fingerprint density at radius 2 is 2.38 bits per heavy atom. The lowest BCUT2D eigenvalue weighted by atomic mass is 10.2. The number of rotatable bonds is 5. The van der Waals surface area contributed by atoms with Gasteiger partial charge in [0.25, 0.3) is 0 Å². The van der Waals surface area contributed by atoms with E-state index >= 15 is 0 Å². The van der Waals surface area contributed by atoms with Gasteiger partial charge >= 0.3 is 12.0 Å². The third-order valence-corrected chi connectivity index (χ3v) is 1.78. The number of hydrogen-bond acceptors (Lipinski definition) is 5.